The highest BCUT2D eigenvalue weighted by molar-refractivity contribution is 5.81. The fourth-order valence-corrected chi connectivity index (χ4v) is 1.74. The molecule has 0 aromatic carbocycles. The van der Waals surface area contributed by atoms with Crippen LogP contribution >= 0.6 is 0 Å². The molecule has 2 N–H and O–H groups in total. The van der Waals surface area contributed by atoms with E-state index in [1.807, 2.05) is 11.8 Å². The molecule has 14 heavy (non-hydrogen) atoms. The minimum Gasteiger partial charge on any atom is -0.372 e. The van der Waals surface area contributed by atoms with E-state index in [9.17, 15) is 4.79 Å². The molecule has 1 rings (SSSR count). The fraction of sp³-hybridized carbons (Fsp3) is 0.900. The van der Waals surface area contributed by atoms with E-state index < -0.39 is 6.04 Å². The van der Waals surface area contributed by atoms with E-state index in [1.165, 1.54) is 0 Å². The van der Waals surface area contributed by atoms with Gasteiger partial charge in [0, 0.05) is 13.1 Å². The predicted octanol–water partition coefficient (Wildman–Crippen LogP) is 0.360. The summed E-state index contributed by atoms with van der Waals surface area (Å²) >= 11 is 0. The van der Waals surface area contributed by atoms with E-state index in [0.717, 1.165) is 6.42 Å². The summed E-state index contributed by atoms with van der Waals surface area (Å²) in [4.78, 5) is 13.5. The van der Waals surface area contributed by atoms with Gasteiger partial charge < -0.3 is 15.4 Å². The summed E-state index contributed by atoms with van der Waals surface area (Å²) < 4.78 is 5.66. The van der Waals surface area contributed by atoms with Crippen LogP contribution in [0.2, 0.25) is 0 Å². The molecule has 1 amide bonds. The molecule has 3 atom stereocenters. The van der Waals surface area contributed by atoms with Crippen LogP contribution in [0, 0.1) is 0 Å². The molecule has 4 nitrogen and oxygen atoms in total. The van der Waals surface area contributed by atoms with Gasteiger partial charge in [-0.1, -0.05) is 6.92 Å². The van der Waals surface area contributed by atoms with Gasteiger partial charge in [0.05, 0.1) is 18.2 Å². The molecular formula is C10H20N2O2. The van der Waals surface area contributed by atoms with E-state index in [1.54, 1.807) is 6.92 Å². The number of carbonyl (C=O) groups excluding carboxylic acids is 1. The van der Waals surface area contributed by atoms with Crippen LogP contribution < -0.4 is 5.73 Å². The maximum atomic E-state index is 11.7. The van der Waals surface area contributed by atoms with Gasteiger partial charge in [0.1, 0.15) is 0 Å². The first-order chi connectivity index (χ1) is 6.54. The number of morpholine rings is 1. The predicted molar refractivity (Wildman–Crippen MR) is 54.9 cm³/mol. The lowest BCUT2D eigenvalue weighted by molar-refractivity contribution is -0.145. The van der Waals surface area contributed by atoms with Crippen LogP contribution in [0.15, 0.2) is 0 Å². The number of nitrogens with two attached hydrogens (primary N) is 1. The third kappa shape index (κ3) is 2.69. The maximum Gasteiger partial charge on any atom is 0.239 e. The van der Waals surface area contributed by atoms with Crippen molar-refractivity contribution >= 4 is 5.91 Å². The average molecular weight is 200 g/mol. The number of hydrogen-bond acceptors (Lipinski definition) is 3. The van der Waals surface area contributed by atoms with E-state index in [2.05, 4.69) is 6.92 Å². The number of hydrogen-bond donors (Lipinski definition) is 1. The molecule has 1 aliphatic rings. The number of carbonyl (C=O) groups is 1. The van der Waals surface area contributed by atoms with Gasteiger partial charge in [0.2, 0.25) is 5.91 Å². The Morgan fingerprint density at radius 3 is 2.79 bits per heavy atom. The summed E-state index contributed by atoms with van der Waals surface area (Å²) in [6.45, 7) is 7.13. The van der Waals surface area contributed by atoms with E-state index in [0.29, 0.717) is 13.1 Å². The van der Waals surface area contributed by atoms with Crippen LogP contribution in [0.5, 0.6) is 0 Å². The SMILES string of the molecule is CCC1CN(C(=O)[C@@H](C)N)CC(C)O1. The number of ether oxygens (including phenoxy) is 1. The number of amides is 1. The Balaban J connectivity index is 2.57. The Hall–Kier alpha value is -0.610. The molecule has 0 radical (unpaired) electrons. The first-order valence-electron chi connectivity index (χ1n) is 5.24. The van der Waals surface area contributed by atoms with Crippen molar-refractivity contribution in [1.82, 2.24) is 4.90 Å². The Morgan fingerprint density at radius 1 is 1.64 bits per heavy atom. The Morgan fingerprint density at radius 2 is 2.29 bits per heavy atom. The molecule has 0 aromatic rings. The molecular weight excluding hydrogens is 180 g/mol. The second-order valence-corrected chi connectivity index (χ2v) is 4.01. The van der Waals surface area contributed by atoms with E-state index >= 15 is 0 Å². The van der Waals surface area contributed by atoms with E-state index in [4.69, 9.17) is 10.5 Å². The summed E-state index contributed by atoms with van der Waals surface area (Å²) in [5.74, 6) is 0.0265. The van der Waals surface area contributed by atoms with Crippen LogP contribution in [0.4, 0.5) is 0 Å². The first-order valence-corrected chi connectivity index (χ1v) is 5.24. The first kappa shape index (κ1) is 11.5. The maximum absolute atomic E-state index is 11.7. The molecule has 0 spiro atoms. The molecule has 1 aliphatic heterocycles. The molecule has 0 bridgehead atoms. The van der Waals surface area contributed by atoms with Gasteiger partial charge in [0.25, 0.3) is 0 Å². The molecule has 0 saturated carbocycles. The summed E-state index contributed by atoms with van der Waals surface area (Å²) in [6.07, 6.45) is 1.23. The second kappa shape index (κ2) is 4.75. The van der Waals surface area contributed by atoms with Crippen molar-refractivity contribution in [3.05, 3.63) is 0 Å². The van der Waals surface area contributed by atoms with Crippen molar-refractivity contribution in [3.8, 4) is 0 Å². The van der Waals surface area contributed by atoms with Gasteiger partial charge in [-0.05, 0) is 20.3 Å². The second-order valence-electron chi connectivity index (χ2n) is 4.01. The van der Waals surface area contributed by atoms with Gasteiger partial charge in [-0.2, -0.15) is 0 Å². The zero-order chi connectivity index (χ0) is 10.7. The molecule has 1 heterocycles. The average Bonchev–Trinajstić information content (AvgIpc) is 2.15. The molecule has 82 valence electrons. The van der Waals surface area contributed by atoms with Gasteiger partial charge >= 0.3 is 0 Å². The molecule has 4 heteroatoms. The molecule has 1 fully saturated rings. The van der Waals surface area contributed by atoms with Crippen molar-refractivity contribution in [1.29, 1.82) is 0 Å². The van der Waals surface area contributed by atoms with Crippen LogP contribution in [0.1, 0.15) is 27.2 Å². The van der Waals surface area contributed by atoms with Crippen molar-refractivity contribution in [3.63, 3.8) is 0 Å². The summed E-state index contributed by atoms with van der Waals surface area (Å²) in [7, 11) is 0. The lowest BCUT2D eigenvalue weighted by Crippen LogP contribution is -2.52. The van der Waals surface area contributed by atoms with Gasteiger partial charge in [-0.15, -0.1) is 0 Å². The van der Waals surface area contributed by atoms with Crippen LogP contribution in [-0.2, 0) is 9.53 Å². The minimum atomic E-state index is -0.405. The van der Waals surface area contributed by atoms with Crippen molar-refractivity contribution in [2.75, 3.05) is 13.1 Å². The smallest absolute Gasteiger partial charge is 0.239 e. The molecule has 0 aromatic heterocycles. The monoisotopic (exact) mass is 200 g/mol. The van der Waals surface area contributed by atoms with Crippen molar-refractivity contribution in [2.24, 2.45) is 5.73 Å². The quantitative estimate of drug-likeness (QED) is 0.700. The summed E-state index contributed by atoms with van der Waals surface area (Å²) in [5, 5.41) is 0. The zero-order valence-corrected chi connectivity index (χ0v) is 9.19. The van der Waals surface area contributed by atoms with Gasteiger partial charge in [-0.25, -0.2) is 0 Å². The topological polar surface area (TPSA) is 55.6 Å². The van der Waals surface area contributed by atoms with Crippen LogP contribution in [0.25, 0.3) is 0 Å². The number of nitrogens with zero attached hydrogens (tertiary/aromatic N) is 1. The van der Waals surface area contributed by atoms with Crippen LogP contribution in [-0.4, -0.2) is 42.1 Å². The normalized spacial score (nSPS) is 30.1. The Labute approximate surface area is 85.4 Å². The summed E-state index contributed by atoms with van der Waals surface area (Å²) in [5.41, 5.74) is 5.57. The largest absolute Gasteiger partial charge is 0.372 e. The van der Waals surface area contributed by atoms with Crippen molar-refractivity contribution < 1.29 is 9.53 Å². The number of rotatable bonds is 2. The van der Waals surface area contributed by atoms with Gasteiger partial charge in [0.15, 0.2) is 0 Å². The van der Waals surface area contributed by atoms with E-state index in [-0.39, 0.29) is 18.1 Å². The van der Waals surface area contributed by atoms with Gasteiger partial charge in [-0.3, -0.25) is 4.79 Å². The minimum absolute atomic E-state index is 0.0265. The third-order valence-electron chi connectivity index (χ3n) is 2.48. The van der Waals surface area contributed by atoms with Crippen molar-refractivity contribution in [2.45, 2.75) is 45.4 Å². The summed E-state index contributed by atoms with van der Waals surface area (Å²) in [6, 6.07) is -0.405. The highest BCUT2D eigenvalue weighted by Gasteiger charge is 2.28. The molecule has 2 unspecified atom stereocenters. The standard InChI is InChI=1S/C10H20N2O2/c1-4-9-6-12(5-7(2)14-9)10(13)8(3)11/h7-9H,4-6,11H2,1-3H3/t7?,8-,9?/m1/s1. The third-order valence-corrected chi connectivity index (χ3v) is 2.48. The fourth-order valence-electron chi connectivity index (χ4n) is 1.74. The highest BCUT2D eigenvalue weighted by atomic mass is 16.5. The molecule has 1 saturated heterocycles. The lowest BCUT2D eigenvalue weighted by atomic mass is 10.1. The lowest BCUT2D eigenvalue weighted by Gasteiger charge is -2.37. The molecule has 0 aliphatic carbocycles. The Kier molecular flexibility index (Phi) is 3.89. The highest BCUT2D eigenvalue weighted by Crippen LogP contribution is 2.13. The zero-order valence-electron chi connectivity index (χ0n) is 9.19. The Bertz CT molecular complexity index is 206. The van der Waals surface area contributed by atoms with Crippen LogP contribution in [0.3, 0.4) is 0 Å².